The van der Waals surface area contributed by atoms with Crippen molar-refractivity contribution in [3.8, 4) is 5.75 Å². The molecule has 0 aliphatic heterocycles. The van der Waals surface area contributed by atoms with Gasteiger partial charge in [-0.25, -0.2) is 0 Å². The van der Waals surface area contributed by atoms with E-state index in [0.717, 1.165) is 5.56 Å². The van der Waals surface area contributed by atoms with Gasteiger partial charge in [0.05, 0.1) is 5.92 Å². The van der Waals surface area contributed by atoms with Gasteiger partial charge in [0, 0.05) is 12.3 Å². The maximum absolute atomic E-state index is 11.6. The number of ketones is 1. The third-order valence-electron chi connectivity index (χ3n) is 3.00. The molecule has 0 amide bonds. The highest BCUT2D eigenvalue weighted by Crippen LogP contribution is 2.35. The summed E-state index contributed by atoms with van der Waals surface area (Å²) in [6.45, 7) is 0. The van der Waals surface area contributed by atoms with E-state index in [2.05, 4.69) is 0 Å². The summed E-state index contributed by atoms with van der Waals surface area (Å²) >= 11 is 0. The number of carboxylic acid groups (broad SMARTS) is 1. The summed E-state index contributed by atoms with van der Waals surface area (Å²) < 4.78 is 0. The number of aliphatic carboxylic acids is 1. The highest BCUT2D eigenvalue weighted by atomic mass is 16.4. The number of benzene rings is 1. The van der Waals surface area contributed by atoms with Crippen molar-refractivity contribution in [1.29, 1.82) is 0 Å². The zero-order valence-corrected chi connectivity index (χ0v) is 8.59. The van der Waals surface area contributed by atoms with Crippen molar-refractivity contribution < 1.29 is 19.8 Å². The number of hydrogen-bond donors (Lipinski definition) is 2. The Bertz CT molecular complexity index is 421. The van der Waals surface area contributed by atoms with E-state index < -0.39 is 11.9 Å². The number of phenols is 1. The quantitative estimate of drug-likeness (QED) is 0.792. The summed E-state index contributed by atoms with van der Waals surface area (Å²) in [5, 5.41) is 18.0. The molecule has 4 heteroatoms. The second kappa shape index (κ2) is 3.96. The Morgan fingerprint density at radius 2 is 1.88 bits per heavy atom. The van der Waals surface area contributed by atoms with Crippen LogP contribution in [-0.2, 0) is 9.59 Å². The number of phenolic OH excluding ortho intramolecular Hbond substituents is 1. The molecule has 2 rings (SSSR count). The highest BCUT2D eigenvalue weighted by molar-refractivity contribution is 5.92. The Balaban J connectivity index is 2.20. The summed E-state index contributed by atoms with van der Waals surface area (Å²) in [5.41, 5.74) is 0.784. The van der Waals surface area contributed by atoms with Gasteiger partial charge in [0.15, 0.2) is 0 Å². The van der Waals surface area contributed by atoms with Crippen molar-refractivity contribution in [2.45, 2.75) is 18.8 Å². The van der Waals surface area contributed by atoms with Gasteiger partial charge in [-0.15, -0.1) is 0 Å². The highest BCUT2D eigenvalue weighted by Gasteiger charge is 2.37. The Morgan fingerprint density at radius 3 is 2.38 bits per heavy atom. The molecule has 2 N–H and O–H groups in total. The fourth-order valence-electron chi connectivity index (χ4n) is 2.10. The number of rotatable bonds is 2. The first-order chi connectivity index (χ1) is 7.58. The van der Waals surface area contributed by atoms with Gasteiger partial charge in [-0.05, 0) is 24.1 Å². The van der Waals surface area contributed by atoms with Crippen molar-refractivity contribution in [3.63, 3.8) is 0 Å². The summed E-state index contributed by atoms with van der Waals surface area (Å²) in [6.07, 6.45) is 0.472. The van der Waals surface area contributed by atoms with Gasteiger partial charge in [-0.1, -0.05) is 12.1 Å². The van der Waals surface area contributed by atoms with Gasteiger partial charge >= 0.3 is 5.97 Å². The second-order valence-electron chi connectivity index (χ2n) is 4.09. The molecular weight excluding hydrogens is 208 g/mol. The minimum absolute atomic E-state index is 0.0295. The molecule has 0 spiro atoms. The first kappa shape index (κ1) is 10.7. The van der Waals surface area contributed by atoms with Crippen LogP contribution in [0, 0.1) is 5.92 Å². The molecule has 1 aromatic rings. The number of carbonyl (C=O) groups is 2. The lowest BCUT2D eigenvalue weighted by molar-refractivity contribution is -0.142. The normalized spacial score (nSPS) is 24.6. The first-order valence-electron chi connectivity index (χ1n) is 5.12. The van der Waals surface area contributed by atoms with Crippen LogP contribution in [0.3, 0.4) is 0 Å². The van der Waals surface area contributed by atoms with E-state index in [1.807, 2.05) is 0 Å². The molecule has 4 nitrogen and oxygen atoms in total. The molecule has 1 aromatic carbocycles. The van der Waals surface area contributed by atoms with E-state index in [4.69, 9.17) is 10.2 Å². The first-order valence-corrected chi connectivity index (χ1v) is 5.12. The van der Waals surface area contributed by atoms with Crippen molar-refractivity contribution >= 4 is 11.8 Å². The molecule has 0 saturated heterocycles. The van der Waals surface area contributed by atoms with E-state index >= 15 is 0 Å². The molecule has 1 saturated carbocycles. The number of carbonyl (C=O) groups excluding carboxylic acids is 1. The Hall–Kier alpha value is -1.84. The van der Waals surface area contributed by atoms with E-state index in [0.29, 0.717) is 6.42 Å². The fourth-order valence-corrected chi connectivity index (χ4v) is 2.10. The third-order valence-corrected chi connectivity index (χ3v) is 3.00. The fraction of sp³-hybridized carbons (Fsp3) is 0.333. The minimum atomic E-state index is -0.908. The smallest absolute Gasteiger partial charge is 0.306 e. The van der Waals surface area contributed by atoms with Gasteiger partial charge in [0.25, 0.3) is 0 Å². The topological polar surface area (TPSA) is 74.6 Å². The molecule has 0 heterocycles. The van der Waals surface area contributed by atoms with E-state index in [-0.39, 0.29) is 23.9 Å². The predicted octanol–water partition coefficient (Wildman–Crippen LogP) is 1.54. The summed E-state index contributed by atoms with van der Waals surface area (Å²) in [7, 11) is 0. The van der Waals surface area contributed by atoms with Crippen LogP contribution >= 0.6 is 0 Å². The van der Waals surface area contributed by atoms with Gasteiger partial charge in [-0.2, -0.15) is 0 Å². The molecule has 2 atom stereocenters. The van der Waals surface area contributed by atoms with Crippen LogP contribution < -0.4 is 0 Å². The molecule has 1 aliphatic carbocycles. The third kappa shape index (κ3) is 1.91. The predicted molar refractivity (Wildman–Crippen MR) is 56.2 cm³/mol. The summed E-state index contributed by atoms with van der Waals surface area (Å²) in [4.78, 5) is 22.4. The van der Waals surface area contributed by atoms with Crippen LogP contribution in [0.5, 0.6) is 5.75 Å². The number of carboxylic acids is 1. The van der Waals surface area contributed by atoms with Gasteiger partial charge < -0.3 is 10.2 Å². The van der Waals surface area contributed by atoms with Crippen LogP contribution in [0.2, 0.25) is 0 Å². The van der Waals surface area contributed by atoms with Crippen molar-refractivity contribution in [2.75, 3.05) is 0 Å². The lowest BCUT2D eigenvalue weighted by atomic mass is 9.96. The molecule has 1 fully saturated rings. The van der Waals surface area contributed by atoms with E-state index in [1.165, 1.54) is 12.1 Å². The van der Waals surface area contributed by atoms with Crippen LogP contribution in [0.1, 0.15) is 24.3 Å². The number of Topliss-reactive ketones (excluding diaryl/α,β-unsaturated/α-hetero) is 1. The Morgan fingerprint density at radius 1 is 1.25 bits per heavy atom. The lowest BCUT2D eigenvalue weighted by Crippen LogP contribution is -2.09. The second-order valence-corrected chi connectivity index (χ2v) is 4.09. The van der Waals surface area contributed by atoms with Crippen LogP contribution in [0.15, 0.2) is 24.3 Å². The zero-order chi connectivity index (χ0) is 11.7. The van der Waals surface area contributed by atoms with Gasteiger partial charge in [0.1, 0.15) is 11.5 Å². The maximum Gasteiger partial charge on any atom is 0.306 e. The molecule has 84 valence electrons. The van der Waals surface area contributed by atoms with E-state index in [1.54, 1.807) is 12.1 Å². The van der Waals surface area contributed by atoms with Gasteiger partial charge in [0.2, 0.25) is 0 Å². The number of hydrogen-bond acceptors (Lipinski definition) is 3. The van der Waals surface area contributed by atoms with Crippen molar-refractivity contribution in [1.82, 2.24) is 0 Å². The van der Waals surface area contributed by atoms with Crippen molar-refractivity contribution in [2.24, 2.45) is 5.92 Å². The molecule has 16 heavy (non-hydrogen) atoms. The molecule has 0 bridgehead atoms. The number of aromatic hydroxyl groups is 1. The minimum Gasteiger partial charge on any atom is -0.508 e. The maximum atomic E-state index is 11.6. The van der Waals surface area contributed by atoms with Gasteiger partial charge in [-0.3, -0.25) is 9.59 Å². The average Bonchev–Trinajstić information content (AvgIpc) is 2.62. The molecule has 1 aliphatic rings. The summed E-state index contributed by atoms with van der Waals surface area (Å²) in [6, 6.07) is 6.36. The SMILES string of the molecule is O=C(O)C1CC(=O)C(c2ccc(O)cc2)C1. The molecule has 0 aromatic heterocycles. The van der Waals surface area contributed by atoms with Crippen LogP contribution in [0.25, 0.3) is 0 Å². The lowest BCUT2D eigenvalue weighted by Gasteiger charge is -2.08. The van der Waals surface area contributed by atoms with Crippen molar-refractivity contribution in [3.05, 3.63) is 29.8 Å². The Kier molecular flexibility index (Phi) is 2.64. The molecular formula is C12H12O4. The molecule has 2 unspecified atom stereocenters. The average molecular weight is 220 g/mol. The zero-order valence-electron chi connectivity index (χ0n) is 8.59. The Labute approximate surface area is 92.5 Å². The monoisotopic (exact) mass is 220 g/mol. The van der Waals surface area contributed by atoms with Crippen LogP contribution in [-0.4, -0.2) is 22.0 Å². The van der Waals surface area contributed by atoms with E-state index in [9.17, 15) is 9.59 Å². The van der Waals surface area contributed by atoms with Crippen LogP contribution in [0.4, 0.5) is 0 Å². The summed E-state index contributed by atoms with van der Waals surface area (Å²) in [5.74, 6) is -1.69. The molecule has 0 radical (unpaired) electrons. The standard InChI is InChI=1S/C12H12O4/c13-9-3-1-7(2-4-9)10-5-8(12(15)16)6-11(10)14/h1-4,8,10,13H,5-6H2,(H,15,16). The largest absolute Gasteiger partial charge is 0.508 e.